The van der Waals surface area contributed by atoms with Gasteiger partial charge in [-0.3, -0.25) is 9.59 Å². The summed E-state index contributed by atoms with van der Waals surface area (Å²) in [4.78, 5) is 40.2. The van der Waals surface area contributed by atoms with Crippen LogP contribution in [0.1, 0.15) is 58.9 Å². The van der Waals surface area contributed by atoms with Gasteiger partial charge in [0.25, 0.3) is 0 Å². The SMILES string of the molecule is CC[C@H](C)[C@H](NC(=O)[C@@](C)(N)CC)C(=O)N1CCC[C@@H]1C(=O)OCc1ccccc1. The molecular weight excluding hydrogens is 382 g/mol. The molecule has 1 aromatic rings. The molecule has 0 saturated carbocycles. The van der Waals surface area contributed by atoms with Crippen molar-refractivity contribution in [1.82, 2.24) is 10.2 Å². The summed E-state index contributed by atoms with van der Waals surface area (Å²) in [6.07, 6.45) is 2.45. The maximum Gasteiger partial charge on any atom is 0.329 e. The van der Waals surface area contributed by atoms with Crippen molar-refractivity contribution in [2.45, 2.75) is 77.6 Å². The summed E-state index contributed by atoms with van der Waals surface area (Å²) in [7, 11) is 0. The average Bonchev–Trinajstić information content (AvgIpc) is 3.25. The molecule has 1 saturated heterocycles. The zero-order valence-corrected chi connectivity index (χ0v) is 18.5. The van der Waals surface area contributed by atoms with Crippen molar-refractivity contribution in [3.05, 3.63) is 35.9 Å². The number of benzene rings is 1. The van der Waals surface area contributed by atoms with E-state index < -0.39 is 23.6 Å². The zero-order chi connectivity index (χ0) is 22.3. The predicted molar refractivity (Wildman–Crippen MR) is 115 cm³/mol. The summed E-state index contributed by atoms with van der Waals surface area (Å²) in [6.45, 7) is 8.01. The first kappa shape index (κ1) is 23.9. The van der Waals surface area contributed by atoms with E-state index in [2.05, 4.69) is 5.32 Å². The van der Waals surface area contributed by atoms with Crippen LogP contribution in [-0.2, 0) is 25.7 Å². The minimum atomic E-state index is -1.05. The lowest BCUT2D eigenvalue weighted by atomic mass is 9.94. The van der Waals surface area contributed by atoms with Gasteiger partial charge in [-0.25, -0.2) is 4.79 Å². The Hall–Kier alpha value is -2.41. The minimum absolute atomic E-state index is 0.0873. The van der Waals surface area contributed by atoms with Crippen LogP contribution in [0.3, 0.4) is 0 Å². The van der Waals surface area contributed by atoms with Gasteiger partial charge in [0.2, 0.25) is 11.8 Å². The number of hydrogen-bond acceptors (Lipinski definition) is 5. The molecule has 0 aliphatic carbocycles. The monoisotopic (exact) mass is 417 g/mol. The highest BCUT2D eigenvalue weighted by Gasteiger charge is 2.41. The first-order valence-corrected chi connectivity index (χ1v) is 10.8. The van der Waals surface area contributed by atoms with E-state index in [0.29, 0.717) is 25.8 Å². The van der Waals surface area contributed by atoms with Crippen LogP contribution in [0.2, 0.25) is 0 Å². The second kappa shape index (κ2) is 10.6. The standard InChI is InChI=1S/C23H35N3O4/c1-5-16(3)19(25-22(29)23(4,24)6-2)20(27)26-14-10-13-18(26)21(28)30-15-17-11-8-7-9-12-17/h7-9,11-12,16,18-19H,5-6,10,13-15,24H2,1-4H3,(H,25,29)/t16-,18+,19-,23-/m0/s1. The molecule has 1 heterocycles. The van der Waals surface area contributed by atoms with Crippen LogP contribution in [0.25, 0.3) is 0 Å². The average molecular weight is 418 g/mol. The lowest BCUT2D eigenvalue weighted by Crippen LogP contribution is -2.60. The highest BCUT2D eigenvalue weighted by atomic mass is 16.5. The zero-order valence-electron chi connectivity index (χ0n) is 18.5. The molecule has 30 heavy (non-hydrogen) atoms. The molecule has 0 unspecified atom stereocenters. The number of hydrogen-bond donors (Lipinski definition) is 2. The fourth-order valence-electron chi connectivity index (χ4n) is 3.43. The van der Waals surface area contributed by atoms with E-state index in [1.54, 1.807) is 11.8 Å². The lowest BCUT2D eigenvalue weighted by Gasteiger charge is -2.33. The van der Waals surface area contributed by atoms with Gasteiger partial charge in [-0.05, 0) is 37.7 Å². The number of nitrogens with one attached hydrogen (secondary N) is 1. The maximum absolute atomic E-state index is 13.3. The van der Waals surface area contributed by atoms with Crippen molar-refractivity contribution in [3.8, 4) is 0 Å². The Morgan fingerprint density at radius 3 is 2.53 bits per heavy atom. The quantitative estimate of drug-likeness (QED) is 0.601. The Balaban J connectivity index is 2.09. The van der Waals surface area contributed by atoms with Crippen LogP contribution in [0.5, 0.6) is 0 Å². The third-order valence-corrected chi connectivity index (χ3v) is 6.05. The molecule has 4 atom stereocenters. The van der Waals surface area contributed by atoms with E-state index in [1.807, 2.05) is 51.1 Å². The third kappa shape index (κ3) is 5.81. The van der Waals surface area contributed by atoms with Crippen LogP contribution in [0.15, 0.2) is 30.3 Å². The molecule has 1 aliphatic heterocycles. The first-order valence-electron chi connectivity index (χ1n) is 10.8. The Morgan fingerprint density at radius 2 is 1.93 bits per heavy atom. The third-order valence-electron chi connectivity index (χ3n) is 6.05. The summed E-state index contributed by atoms with van der Waals surface area (Å²) in [6, 6.07) is 8.09. The number of esters is 1. The largest absolute Gasteiger partial charge is 0.459 e. The van der Waals surface area contributed by atoms with Gasteiger partial charge < -0.3 is 20.7 Å². The normalized spacial score (nSPS) is 20.2. The number of rotatable bonds is 9. The van der Waals surface area contributed by atoms with Crippen molar-refractivity contribution < 1.29 is 19.1 Å². The van der Waals surface area contributed by atoms with Crippen LogP contribution < -0.4 is 11.1 Å². The molecule has 1 fully saturated rings. The molecule has 0 bridgehead atoms. The Kier molecular flexibility index (Phi) is 8.41. The van der Waals surface area contributed by atoms with Crippen molar-refractivity contribution in [2.75, 3.05) is 6.54 Å². The van der Waals surface area contributed by atoms with E-state index >= 15 is 0 Å². The lowest BCUT2D eigenvalue weighted by molar-refractivity contribution is -0.155. The van der Waals surface area contributed by atoms with Gasteiger partial charge in [-0.15, -0.1) is 0 Å². The molecule has 0 aromatic heterocycles. The number of carbonyl (C=O) groups is 3. The Bertz CT molecular complexity index is 735. The fourth-order valence-corrected chi connectivity index (χ4v) is 3.43. The van der Waals surface area contributed by atoms with Gasteiger partial charge in [-0.1, -0.05) is 57.5 Å². The van der Waals surface area contributed by atoms with Gasteiger partial charge in [0.05, 0.1) is 5.54 Å². The summed E-state index contributed by atoms with van der Waals surface area (Å²) in [5.41, 5.74) is 5.91. The number of likely N-dealkylation sites (tertiary alicyclic amines) is 1. The smallest absolute Gasteiger partial charge is 0.329 e. The maximum atomic E-state index is 13.3. The summed E-state index contributed by atoms with van der Waals surface area (Å²) in [5, 5.41) is 2.85. The first-order chi connectivity index (χ1) is 14.2. The molecule has 7 heteroatoms. The van der Waals surface area contributed by atoms with Crippen LogP contribution >= 0.6 is 0 Å². The van der Waals surface area contributed by atoms with Crippen LogP contribution in [0, 0.1) is 5.92 Å². The molecule has 2 amide bonds. The molecule has 0 spiro atoms. The number of ether oxygens (including phenoxy) is 1. The molecular formula is C23H35N3O4. The van der Waals surface area contributed by atoms with Gasteiger partial charge in [0, 0.05) is 6.54 Å². The van der Waals surface area contributed by atoms with E-state index in [4.69, 9.17) is 10.5 Å². The highest BCUT2D eigenvalue weighted by Crippen LogP contribution is 2.23. The summed E-state index contributed by atoms with van der Waals surface area (Å²) in [5.74, 6) is -1.10. The van der Waals surface area contributed by atoms with E-state index in [1.165, 1.54) is 0 Å². The number of carbonyl (C=O) groups excluding carboxylic acids is 3. The number of nitrogens with two attached hydrogens (primary N) is 1. The van der Waals surface area contributed by atoms with Gasteiger partial charge in [0.15, 0.2) is 0 Å². The van der Waals surface area contributed by atoms with E-state index in [0.717, 1.165) is 12.0 Å². The van der Waals surface area contributed by atoms with Crippen molar-refractivity contribution in [3.63, 3.8) is 0 Å². The number of nitrogens with zero attached hydrogens (tertiary/aromatic N) is 1. The van der Waals surface area contributed by atoms with Gasteiger partial charge >= 0.3 is 5.97 Å². The predicted octanol–water partition coefficient (Wildman–Crippen LogP) is 2.38. The molecule has 3 N–H and O–H groups in total. The topological polar surface area (TPSA) is 102 Å². The Labute approximate surface area is 179 Å². The molecule has 0 radical (unpaired) electrons. The minimum Gasteiger partial charge on any atom is -0.459 e. The summed E-state index contributed by atoms with van der Waals surface area (Å²) < 4.78 is 5.47. The summed E-state index contributed by atoms with van der Waals surface area (Å²) >= 11 is 0. The van der Waals surface area contributed by atoms with Gasteiger partial charge in [0.1, 0.15) is 18.7 Å². The van der Waals surface area contributed by atoms with Crippen LogP contribution in [0.4, 0.5) is 0 Å². The molecule has 1 aliphatic rings. The van der Waals surface area contributed by atoms with E-state index in [9.17, 15) is 14.4 Å². The molecule has 1 aromatic carbocycles. The van der Waals surface area contributed by atoms with Crippen molar-refractivity contribution in [1.29, 1.82) is 0 Å². The molecule has 2 rings (SSSR count). The highest BCUT2D eigenvalue weighted by molar-refractivity contribution is 5.93. The van der Waals surface area contributed by atoms with E-state index in [-0.39, 0.29) is 24.3 Å². The Morgan fingerprint density at radius 1 is 1.27 bits per heavy atom. The van der Waals surface area contributed by atoms with Crippen molar-refractivity contribution in [2.24, 2.45) is 11.7 Å². The van der Waals surface area contributed by atoms with Crippen molar-refractivity contribution >= 4 is 17.8 Å². The van der Waals surface area contributed by atoms with Gasteiger partial charge in [-0.2, -0.15) is 0 Å². The van der Waals surface area contributed by atoms with Crippen LogP contribution in [-0.4, -0.2) is 46.9 Å². The molecule has 7 nitrogen and oxygen atoms in total. The second-order valence-electron chi connectivity index (χ2n) is 8.39. The fraction of sp³-hybridized carbons (Fsp3) is 0.609. The second-order valence-corrected chi connectivity index (χ2v) is 8.39. The number of amides is 2. The molecule has 166 valence electrons.